The number of amides is 2. The largest absolute Gasteiger partial charge is 0.495 e. The SMILES string of the molecule is CCCNC(=O)NS(=O)(=O)c1ccc(OC)c(N)c1. The average Bonchev–Trinajstić information content (AvgIpc) is 2.35. The standard InChI is InChI=1S/C11H17N3O4S/c1-3-6-13-11(15)14-19(16,17)8-4-5-10(18-2)9(12)7-8/h4-5,7H,3,6,12H2,1-2H3,(H2,13,14,15). The number of nitrogens with two attached hydrogens (primary N) is 1. The molecule has 0 unspecified atom stereocenters. The van der Waals surface area contributed by atoms with Gasteiger partial charge in [-0.25, -0.2) is 17.9 Å². The fourth-order valence-corrected chi connectivity index (χ4v) is 2.30. The number of carbonyl (C=O) groups is 1. The molecule has 0 fully saturated rings. The van der Waals surface area contributed by atoms with Crippen LogP contribution in [-0.4, -0.2) is 28.1 Å². The van der Waals surface area contributed by atoms with Crippen molar-refractivity contribution in [2.75, 3.05) is 19.4 Å². The molecule has 0 heterocycles. The van der Waals surface area contributed by atoms with Crippen LogP contribution in [-0.2, 0) is 10.0 Å². The van der Waals surface area contributed by atoms with Gasteiger partial charge in [-0.3, -0.25) is 0 Å². The van der Waals surface area contributed by atoms with Crippen LogP contribution >= 0.6 is 0 Å². The number of rotatable bonds is 5. The van der Waals surface area contributed by atoms with E-state index >= 15 is 0 Å². The van der Waals surface area contributed by atoms with Crippen molar-refractivity contribution >= 4 is 21.7 Å². The van der Waals surface area contributed by atoms with Crippen LogP contribution in [0.25, 0.3) is 0 Å². The van der Waals surface area contributed by atoms with Crippen LogP contribution in [0.15, 0.2) is 23.1 Å². The predicted octanol–water partition coefficient (Wildman–Crippen LogP) is 0.675. The maximum atomic E-state index is 11.9. The van der Waals surface area contributed by atoms with Gasteiger partial charge in [-0.2, -0.15) is 0 Å². The highest BCUT2D eigenvalue weighted by atomic mass is 32.2. The minimum Gasteiger partial charge on any atom is -0.495 e. The molecule has 0 atom stereocenters. The van der Waals surface area contributed by atoms with Gasteiger partial charge in [0.15, 0.2) is 0 Å². The van der Waals surface area contributed by atoms with Gasteiger partial charge in [-0.1, -0.05) is 6.92 Å². The zero-order valence-electron chi connectivity index (χ0n) is 10.8. The second kappa shape index (κ2) is 6.28. The van der Waals surface area contributed by atoms with E-state index in [0.29, 0.717) is 18.7 Å². The highest BCUT2D eigenvalue weighted by Crippen LogP contribution is 2.24. The Morgan fingerprint density at radius 1 is 1.42 bits per heavy atom. The number of methoxy groups -OCH3 is 1. The van der Waals surface area contributed by atoms with Gasteiger partial charge in [0.2, 0.25) is 0 Å². The number of ether oxygens (including phenoxy) is 1. The van der Waals surface area contributed by atoms with E-state index in [9.17, 15) is 13.2 Å². The van der Waals surface area contributed by atoms with Crippen LogP contribution in [0.1, 0.15) is 13.3 Å². The number of hydrogen-bond acceptors (Lipinski definition) is 5. The molecule has 4 N–H and O–H groups in total. The van der Waals surface area contributed by atoms with E-state index in [1.165, 1.54) is 25.3 Å². The Morgan fingerprint density at radius 3 is 2.63 bits per heavy atom. The average molecular weight is 287 g/mol. The number of anilines is 1. The minimum atomic E-state index is -3.94. The normalized spacial score (nSPS) is 10.8. The summed E-state index contributed by atoms with van der Waals surface area (Å²) in [5.41, 5.74) is 5.80. The summed E-state index contributed by atoms with van der Waals surface area (Å²) in [6, 6.07) is 3.20. The van der Waals surface area contributed by atoms with Crippen molar-refractivity contribution in [3.05, 3.63) is 18.2 Å². The summed E-state index contributed by atoms with van der Waals surface area (Å²) in [5, 5.41) is 2.41. The number of benzene rings is 1. The minimum absolute atomic E-state index is 0.0996. The fraction of sp³-hybridized carbons (Fsp3) is 0.364. The zero-order chi connectivity index (χ0) is 14.5. The van der Waals surface area contributed by atoms with Gasteiger partial charge >= 0.3 is 6.03 Å². The van der Waals surface area contributed by atoms with Crippen molar-refractivity contribution in [1.82, 2.24) is 10.0 Å². The third kappa shape index (κ3) is 4.02. The van der Waals surface area contributed by atoms with E-state index < -0.39 is 16.1 Å². The maximum absolute atomic E-state index is 11.9. The van der Waals surface area contributed by atoms with Crippen molar-refractivity contribution < 1.29 is 17.9 Å². The molecule has 2 amide bonds. The third-order valence-electron chi connectivity index (χ3n) is 2.27. The summed E-state index contributed by atoms with van der Waals surface area (Å²) in [4.78, 5) is 11.2. The van der Waals surface area contributed by atoms with Gasteiger partial charge in [0, 0.05) is 6.54 Å². The lowest BCUT2D eigenvalue weighted by molar-refractivity contribution is 0.246. The van der Waals surface area contributed by atoms with Gasteiger partial charge in [-0.15, -0.1) is 0 Å². The maximum Gasteiger partial charge on any atom is 0.328 e. The highest BCUT2D eigenvalue weighted by Gasteiger charge is 2.18. The summed E-state index contributed by atoms with van der Waals surface area (Å²) in [6.07, 6.45) is 0.711. The monoisotopic (exact) mass is 287 g/mol. The Morgan fingerprint density at radius 2 is 2.11 bits per heavy atom. The molecule has 0 spiro atoms. The van der Waals surface area contributed by atoms with Crippen molar-refractivity contribution in [2.24, 2.45) is 0 Å². The Kier molecular flexibility index (Phi) is 4.99. The molecule has 0 aliphatic rings. The molecule has 7 nitrogen and oxygen atoms in total. The van der Waals surface area contributed by atoms with Crippen LogP contribution in [0, 0.1) is 0 Å². The lowest BCUT2D eigenvalue weighted by atomic mass is 10.3. The van der Waals surface area contributed by atoms with E-state index in [2.05, 4.69) is 5.32 Å². The van der Waals surface area contributed by atoms with Gasteiger partial charge in [-0.05, 0) is 24.6 Å². The number of hydrogen-bond donors (Lipinski definition) is 3. The van der Waals surface area contributed by atoms with Gasteiger partial charge in [0.05, 0.1) is 17.7 Å². The zero-order valence-corrected chi connectivity index (χ0v) is 11.6. The van der Waals surface area contributed by atoms with Crippen molar-refractivity contribution in [3.8, 4) is 5.75 Å². The molecular formula is C11H17N3O4S. The Balaban J connectivity index is 2.88. The number of urea groups is 1. The third-order valence-corrected chi connectivity index (χ3v) is 3.60. The number of nitrogen functional groups attached to an aromatic ring is 1. The van der Waals surface area contributed by atoms with Gasteiger partial charge < -0.3 is 15.8 Å². The molecule has 0 aliphatic carbocycles. The lowest BCUT2D eigenvalue weighted by Gasteiger charge is -2.10. The first-order valence-corrected chi connectivity index (χ1v) is 7.13. The molecule has 1 aromatic rings. The molecule has 0 saturated heterocycles. The van der Waals surface area contributed by atoms with Crippen LogP contribution in [0.3, 0.4) is 0 Å². The predicted molar refractivity (Wildman–Crippen MR) is 71.4 cm³/mol. The summed E-state index contributed by atoms with van der Waals surface area (Å²) in [5.74, 6) is 0.370. The first kappa shape index (κ1) is 15.1. The number of sulfonamides is 1. The van der Waals surface area contributed by atoms with E-state index in [0.717, 1.165) is 0 Å². The summed E-state index contributed by atoms with van der Waals surface area (Å²) < 4.78 is 30.6. The molecule has 0 bridgehead atoms. The molecule has 1 rings (SSSR count). The topological polar surface area (TPSA) is 111 Å². The van der Waals surface area contributed by atoms with Crippen LogP contribution < -0.4 is 20.5 Å². The Bertz CT molecular complexity index is 557. The molecule has 1 aromatic carbocycles. The summed E-state index contributed by atoms with van der Waals surface area (Å²) >= 11 is 0. The molecule has 19 heavy (non-hydrogen) atoms. The van der Waals surface area contributed by atoms with Crippen molar-refractivity contribution in [3.63, 3.8) is 0 Å². The highest BCUT2D eigenvalue weighted by molar-refractivity contribution is 7.90. The van der Waals surface area contributed by atoms with Gasteiger partial charge in [0.1, 0.15) is 5.75 Å². The second-order valence-corrected chi connectivity index (χ2v) is 5.45. The molecule has 0 saturated carbocycles. The Labute approximate surface area is 112 Å². The summed E-state index contributed by atoms with van der Waals surface area (Å²) in [6.45, 7) is 2.26. The Hall–Kier alpha value is -1.96. The second-order valence-electron chi connectivity index (χ2n) is 3.77. The molecule has 106 valence electrons. The molecular weight excluding hydrogens is 270 g/mol. The summed E-state index contributed by atoms with van der Waals surface area (Å²) in [7, 11) is -2.51. The molecule has 8 heteroatoms. The molecule has 0 aromatic heterocycles. The number of nitrogens with one attached hydrogen (secondary N) is 2. The molecule has 0 aliphatic heterocycles. The quantitative estimate of drug-likeness (QED) is 0.689. The fourth-order valence-electron chi connectivity index (χ4n) is 1.34. The van der Waals surface area contributed by atoms with E-state index in [1.54, 1.807) is 0 Å². The first-order chi connectivity index (χ1) is 8.90. The van der Waals surface area contributed by atoms with Crippen LogP contribution in [0.2, 0.25) is 0 Å². The first-order valence-electron chi connectivity index (χ1n) is 5.65. The lowest BCUT2D eigenvalue weighted by Crippen LogP contribution is -2.39. The van der Waals surface area contributed by atoms with Crippen molar-refractivity contribution in [1.29, 1.82) is 0 Å². The van der Waals surface area contributed by atoms with Crippen LogP contribution in [0.5, 0.6) is 5.75 Å². The van der Waals surface area contributed by atoms with Gasteiger partial charge in [0.25, 0.3) is 10.0 Å². The molecule has 0 radical (unpaired) electrons. The van der Waals surface area contributed by atoms with E-state index in [4.69, 9.17) is 10.5 Å². The van der Waals surface area contributed by atoms with E-state index in [-0.39, 0.29) is 10.6 Å². The number of carbonyl (C=O) groups excluding carboxylic acids is 1. The van der Waals surface area contributed by atoms with Crippen LogP contribution in [0.4, 0.5) is 10.5 Å². The smallest absolute Gasteiger partial charge is 0.328 e. The van der Waals surface area contributed by atoms with E-state index in [1.807, 2.05) is 11.6 Å². The van der Waals surface area contributed by atoms with Crippen molar-refractivity contribution in [2.45, 2.75) is 18.2 Å².